The van der Waals surface area contributed by atoms with E-state index in [1.165, 1.54) is 0 Å². The molecule has 0 bridgehead atoms. The van der Waals surface area contributed by atoms with E-state index in [1.54, 1.807) is 24.8 Å². The number of carbonyl (C=O) groups excluding carboxylic acids is 1. The normalized spacial score (nSPS) is 9.67. The molecule has 0 saturated heterocycles. The van der Waals surface area contributed by atoms with Crippen LogP contribution in [0.3, 0.4) is 0 Å². The van der Waals surface area contributed by atoms with Crippen molar-refractivity contribution in [2.45, 2.75) is 20.8 Å². The molecule has 1 aromatic rings. The number of likely N-dealkylation sites (N-methyl/N-ethyl adjacent to an activating group) is 1. The number of hydrogen-bond donors (Lipinski definition) is 0. The zero-order valence-corrected chi connectivity index (χ0v) is 10.8. The average Bonchev–Trinajstić information content (AvgIpc) is 2.35. The van der Waals surface area contributed by atoms with Crippen LogP contribution in [0.2, 0.25) is 0 Å². The van der Waals surface area contributed by atoms with Crippen molar-refractivity contribution in [1.82, 2.24) is 9.97 Å². The summed E-state index contributed by atoms with van der Waals surface area (Å²) in [6.07, 6.45) is 0. The summed E-state index contributed by atoms with van der Waals surface area (Å²) in [4.78, 5) is 21.4. The predicted octanol–water partition coefficient (Wildman–Crippen LogP) is 1.05. The maximum atomic E-state index is 11.4. The van der Waals surface area contributed by atoms with Crippen molar-refractivity contribution in [3.8, 4) is 6.07 Å². The summed E-state index contributed by atoms with van der Waals surface area (Å²) in [6, 6.07) is 3.57. The first-order valence-corrected chi connectivity index (χ1v) is 5.77. The van der Waals surface area contributed by atoms with E-state index in [0.29, 0.717) is 30.5 Å². The van der Waals surface area contributed by atoms with Crippen molar-refractivity contribution in [2.24, 2.45) is 0 Å². The van der Waals surface area contributed by atoms with Crippen molar-refractivity contribution >= 4 is 11.9 Å². The van der Waals surface area contributed by atoms with Gasteiger partial charge in [-0.2, -0.15) is 5.26 Å². The lowest BCUT2D eigenvalue weighted by atomic mass is 10.3. The van der Waals surface area contributed by atoms with Crippen LogP contribution >= 0.6 is 0 Å². The number of hydrogen-bond acceptors (Lipinski definition) is 6. The van der Waals surface area contributed by atoms with Gasteiger partial charge in [-0.1, -0.05) is 0 Å². The molecule has 0 aliphatic rings. The molecule has 0 radical (unpaired) electrons. The van der Waals surface area contributed by atoms with Crippen molar-refractivity contribution < 1.29 is 9.53 Å². The van der Waals surface area contributed by atoms with Crippen molar-refractivity contribution in [3.05, 3.63) is 17.5 Å². The van der Waals surface area contributed by atoms with Gasteiger partial charge in [-0.25, -0.2) is 9.97 Å². The molecule has 0 unspecified atom stereocenters. The summed E-state index contributed by atoms with van der Waals surface area (Å²) >= 11 is 0. The van der Waals surface area contributed by atoms with Gasteiger partial charge >= 0.3 is 5.97 Å². The van der Waals surface area contributed by atoms with Gasteiger partial charge in [-0.15, -0.1) is 0 Å². The Hall–Kier alpha value is -2.16. The lowest BCUT2D eigenvalue weighted by Crippen LogP contribution is -2.32. The molecule has 1 rings (SSSR count). The molecule has 0 saturated carbocycles. The molecular formula is C12H16N4O2. The van der Waals surface area contributed by atoms with E-state index in [1.807, 2.05) is 13.0 Å². The van der Waals surface area contributed by atoms with Crippen LogP contribution in [0.25, 0.3) is 0 Å². The standard InChI is InChI=1S/C12H16N4O2/c1-4-16(8-11(17)18-5-2)12-14-9(3)6-10(7-13)15-12/h6H,4-5,8H2,1-3H3. The fourth-order valence-electron chi connectivity index (χ4n) is 1.44. The van der Waals surface area contributed by atoms with Gasteiger partial charge in [0.05, 0.1) is 6.61 Å². The van der Waals surface area contributed by atoms with Gasteiger partial charge in [0.15, 0.2) is 0 Å². The molecule has 0 fully saturated rings. The summed E-state index contributed by atoms with van der Waals surface area (Å²) in [5, 5.41) is 8.86. The van der Waals surface area contributed by atoms with E-state index >= 15 is 0 Å². The second-order valence-corrected chi connectivity index (χ2v) is 3.63. The smallest absolute Gasteiger partial charge is 0.325 e. The second-order valence-electron chi connectivity index (χ2n) is 3.63. The van der Waals surface area contributed by atoms with Gasteiger partial charge in [0, 0.05) is 12.2 Å². The third-order valence-electron chi connectivity index (χ3n) is 2.25. The van der Waals surface area contributed by atoms with Crippen LogP contribution < -0.4 is 4.90 Å². The SMILES string of the molecule is CCOC(=O)CN(CC)c1nc(C)cc(C#N)n1. The number of aryl methyl sites for hydroxylation is 1. The van der Waals surface area contributed by atoms with E-state index < -0.39 is 0 Å². The highest BCUT2D eigenvalue weighted by atomic mass is 16.5. The van der Waals surface area contributed by atoms with E-state index in [0.717, 1.165) is 0 Å². The summed E-state index contributed by atoms with van der Waals surface area (Å²) in [5.41, 5.74) is 0.985. The van der Waals surface area contributed by atoms with Crippen LogP contribution in [0.15, 0.2) is 6.07 Å². The topological polar surface area (TPSA) is 79.1 Å². The molecule has 6 heteroatoms. The van der Waals surface area contributed by atoms with Crippen molar-refractivity contribution in [2.75, 3.05) is 24.6 Å². The molecule has 0 aliphatic carbocycles. The Morgan fingerprint density at radius 1 is 1.50 bits per heavy atom. The molecule has 6 nitrogen and oxygen atoms in total. The minimum atomic E-state index is -0.331. The number of ether oxygens (including phenoxy) is 1. The van der Waals surface area contributed by atoms with Crippen molar-refractivity contribution in [3.63, 3.8) is 0 Å². The molecule has 0 amide bonds. The van der Waals surface area contributed by atoms with Gasteiger partial charge in [0.2, 0.25) is 5.95 Å². The Morgan fingerprint density at radius 2 is 2.22 bits per heavy atom. The predicted molar refractivity (Wildman–Crippen MR) is 66.0 cm³/mol. The minimum absolute atomic E-state index is 0.0820. The van der Waals surface area contributed by atoms with Crippen LogP contribution in [-0.4, -0.2) is 35.6 Å². The van der Waals surface area contributed by atoms with Gasteiger partial charge in [-0.3, -0.25) is 4.79 Å². The number of nitrogens with zero attached hydrogens (tertiary/aromatic N) is 4. The lowest BCUT2D eigenvalue weighted by Gasteiger charge is -2.19. The Bertz CT molecular complexity index is 468. The zero-order chi connectivity index (χ0) is 13.5. The molecule has 96 valence electrons. The fraction of sp³-hybridized carbons (Fsp3) is 0.500. The molecule has 1 heterocycles. The number of anilines is 1. The van der Waals surface area contributed by atoms with E-state index in [-0.39, 0.29) is 12.5 Å². The summed E-state index contributed by atoms with van der Waals surface area (Å²) in [7, 11) is 0. The Balaban J connectivity index is 2.91. The lowest BCUT2D eigenvalue weighted by molar-refractivity contribution is -0.141. The van der Waals surface area contributed by atoms with Gasteiger partial charge < -0.3 is 9.64 Å². The van der Waals surface area contributed by atoms with Gasteiger partial charge in [0.25, 0.3) is 0 Å². The largest absolute Gasteiger partial charge is 0.465 e. The van der Waals surface area contributed by atoms with Gasteiger partial charge in [0.1, 0.15) is 18.3 Å². The molecule has 0 N–H and O–H groups in total. The average molecular weight is 248 g/mol. The molecule has 0 aliphatic heterocycles. The van der Waals surface area contributed by atoms with E-state index in [4.69, 9.17) is 10.00 Å². The summed E-state index contributed by atoms with van der Waals surface area (Å²) < 4.78 is 4.88. The first-order valence-electron chi connectivity index (χ1n) is 5.77. The molecular weight excluding hydrogens is 232 g/mol. The highest BCUT2D eigenvalue weighted by Gasteiger charge is 2.14. The number of aromatic nitrogens is 2. The molecule has 1 aromatic heterocycles. The molecule has 18 heavy (non-hydrogen) atoms. The number of carbonyl (C=O) groups is 1. The summed E-state index contributed by atoms with van der Waals surface area (Å²) in [5.74, 6) is 0.0464. The third kappa shape index (κ3) is 3.70. The van der Waals surface area contributed by atoms with Crippen LogP contribution in [0.5, 0.6) is 0 Å². The number of rotatable bonds is 5. The van der Waals surface area contributed by atoms with E-state index in [9.17, 15) is 4.79 Å². The number of nitriles is 1. The maximum absolute atomic E-state index is 11.4. The van der Waals surface area contributed by atoms with Crippen LogP contribution in [0, 0.1) is 18.3 Å². The highest BCUT2D eigenvalue weighted by Crippen LogP contribution is 2.09. The Labute approximate surface area is 106 Å². The fourth-order valence-corrected chi connectivity index (χ4v) is 1.44. The van der Waals surface area contributed by atoms with E-state index in [2.05, 4.69) is 9.97 Å². The first-order chi connectivity index (χ1) is 8.60. The van der Waals surface area contributed by atoms with Crippen LogP contribution in [-0.2, 0) is 9.53 Å². The zero-order valence-electron chi connectivity index (χ0n) is 10.8. The quantitative estimate of drug-likeness (QED) is 0.724. The van der Waals surface area contributed by atoms with Gasteiger partial charge in [-0.05, 0) is 26.8 Å². The minimum Gasteiger partial charge on any atom is -0.465 e. The molecule has 0 atom stereocenters. The van der Waals surface area contributed by atoms with Crippen molar-refractivity contribution in [1.29, 1.82) is 5.26 Å². The Kier molecular flexibility index (Phi) is 5.06. The molecule has 0 aromatic carbocycles. The molecule has 0 spiro atoms. The third-order valence-corrected chi connectivity index (χ3v) is 2.25. The highest BCUT2D eigenvalue weighted by molar-refractivity contribution is 5.74. The second kappa shape index (κ2) is 6.55. The maximum Gasteiger partial charge on any atom is 0.325 e. The summed E-state index contributed by atoms with van der Waals surface area (Å²) in [6.45, 7) is 6.41. The first kappa shape index (κ1) is 13.9. The Morgan fingerprint density at radius 3 is 2.78 bits per heavy atom. The van der Waals surface area contributed by atoms with Crippen LogP contribution in [0.4, 0.5) is 5.95 Å². The monoisotopic (exact) mass is 248 g/mol. The van der Waals surface area contributed by atoms with Crippen LogP contribution in [0.1, 0.15) is 25.2 Å². The number of esters is 1.